The van der Waals surface area contributed by atoms with Crippen LogP contribution in [0.1, 0.15) is 64.7 Å². The molecule has 1 unspecified atom stereocenters. The Bertz CT molecular complexity index is 170. The molecule has 0 aliphatic heterocycles. The van der Waals surface area contributed by atoms with Crippen molar-refractivity contribution in [2.45, 2.75) is 64.7 Å². The Kier molecular flexibility index (Phi) is 5.74. The molecule has 0 bridgehead atoms. The molecule has 0 radical (unpaired) electrons. The van der Waals surface area contributed by atoms with Crippen LogP contribution >= 0.6 is 0 Å². The van der Waals surface area contributed by atoms with Crippen LogP contribution in [-0.4, -0.2) is 0 Å². The summed E-state index contributed by atoms with van der Waals surface area (Å²) in [6, 6.07) is 0. The van der Waals surface area contributed by atoms with Crippen LogP contribution in [0, 0.1) is 17.8 Å². The van der Waals surface area contributed by atoms with Gasteiger partial charge in [0.1, 0.15) is 0 Å². The Morgan fingerprint density at radius 2 is 1.46 bits per heavy atom. The van der Waals surface area contributed by atoms with Crippen molar-refractivity contribution in [1.29, 1.82) is 0 Å². The SMILES string of the molecule is CC1C#CCCCCCCCCC1. The lowest BCUT2D eigenvalue weighted by Gasteiger charge is -2.05. The van der Waals surface area contributed by atoms with E-state index in [1.54, 1.807) is 0 Å². The van der Waals surface area contributed by atoms with E-state index in [4.69, 9.17) is 0 Å². The fraction of sp³-hybridized carbons (Fsp3) is 0.846. The van der Waals surface area contributed by atoms with Gasteiger partial charge in [-0.15, -0.1) is 11.8 Å². The van der Waals surface area contributed by atoms with Crippen molar-refractivity contribution >= 4 is 0 Å². The van der Waals surface area contributed by atoms with Crippen molar-refractivity contribution in [2.75, 3.05) is 0 Å². The van der Waals surface area contributed by atoms with Crippen LogP contribution in [0.3, 0.4) is 0 Å². The summed E-state index contributed by atoms with van der Waals surface area (Å²) < 4.78 is 0. The van der Waals surface area contributed by atoms with Crippen LogP contribution in [0.25, 0.3) is 0 Å². The van der Waals surface area contributed by atoms with E-state index >= 15 is 0 Å². The Labute approximate surface area is 83.1 Å². The maximum Gasteiger partial charge on any atom is 0.0174 e. The molecule has 0 heteroatoms. The first-order valence-corrected chi connectivity index (χ1v) is 5.88. The summed E-state index contributed by atoms with van der Waals surface area (Å²) in [7, 11) is 0. The molecule has 0 fully saturated rings. The Morgan fingerprint density at radius 3 is 2.23 bits per heavy atom. The normalized spacial score (nSPS) is 26.4. The first kappa shape index (κ1) is 10.6. The third kappa shape index (κ3) is 5.75. The van der Waals surface area contributed by atoms with Crippen molar-refractivity contribution in [3.63, 3.8) is 0 Å². The average molecular weight is 178 g/mol. The minimum absolute atomic E-state index is 0.638. The average Bonchev–Trinajstić information content (AvgIpc) is 2.11. The maximum atomic E-state index is 3.35. The first-order chi connectivity index (χ1) is 6.39. The molecule has 0 N–H and O–H groups in total. The third-order valence-corrected chi connectivity index (χ3v) is 2.79. The zero-order chi connectivity index (χ0) is 9.36. The summed E-state index contributed by atoms with van der Waals surface area (Å²) in [4.78, 5) is 0. The molecule has 74 valence electrons. The molecule has 0 spiro atoms. The van der Waals surface area contributed by atoms with E-state index in [-0.39, 0.29) is 0 Å². The lowest BCUT2D eigenvalue weighted by Crippen LogP contribution is -1.91. The van der Waals surface area contributed by atoms with E-state index in [1.807, 2.05) is 0 Å². The zero-order valence-electron chi connectivity index (χ0n) is 8.94. The topological polar surface area (TPSA) is 0 Å². The highest BCUT2D eigenvalue weighted by Crippen LogP contribution is 2.13. The van der Waals surface area contributed by atoms with Crippen molar-refractivity contribution in [3.8, 4) is 11.8 Å². The van der Waals surface area contributed by atoms with Crippen molar-refractivity contribution in [2.24, 2.45) is 5.92 Å². The second kappa shape index (κ2) is 7.01. The highest BCUT2D eigenvalue weighted by molar-refractivity contribution is 5.02. The molecule has 0 aromatic heterocycles. The highest BCUT2D eigenvalue weighted by Gasteiger charge is 1.98. The summed E-state index contributed by atoms with van der Waals surface area (Å²) in [6.07, 6.45) is 12.3. The van der Waals surface area contributed by atoms with E-state index in [0.29, 0.717) is 5.92 Å². The monoisotopic (exact) mass is 178 g/mol. The molecule has 0 nitrogen and oxygen atoms in total. The molecule has 0 amide bonds. The summed E-state index contributed by atoms with van der Waals surface area (Å²) in [5.74, 6) is 7.29. The summed E-state index contributed by atoms with van der Waals surface area (Å²) in [5, 5.41) is 0. The van der Waals surface area contributed by atoms with Gasteiger partial charge >= 0.3 is 0 Å². The molecule has 0 aromatic rings. The first-order valence-electron chi connectivity index (χ1n) is 5.88. The number of hydrogen-bond acceptors (Lipinski definition) is 0. The lowest BCUT2D eigenvalue weighted by molar-refractivity contribution is 0.537. The molecule has 1 aliphatic rings. The standard InChI is InChI=1S/C13H22/c1-13-11-9-7-5-3-2-4-6-8-10-12-13/h13H,2-9,11H2,1H3. The van der Waals surface area contributed by atoms with Crippen molar-refractivity contribution in [1.82, 2.24) is 0 Å². The quantitative estimate of drug-likeness (QED) is 0.489. The van der Waals surface area contributed by atoms with Crippen molar-refractivity contribution < 1.29 is 0 Å². The zero-order valence-corrected chi connectivity index (χ0v) is 8.94. The van der Waals surface area contributed by atoms with Crippen LogP contribution < -0.4 is 0 Å². The van der Waals surface area contributed by atoms with Gasteiger partial charge in [-0.1, -0.05) is 45.4 Å². The van der Waals surface area contributed by atoms with Gasteiger partial charge in [0.15, 0.2) is 0 Å². The van der Waals surface area contributed by atoms with Crippen molar-refractivity contribution in [3.05, 3.63) is 0 Å². The van der Waals surface area contributed by atoms with E-state index in [9.17, 15) is 0 Å². The summed E-state index contributed by atoms with van der Waals surface area (Å²) in [6.45, 7) is 2.26. The Morgan fingerprint density at radius 1 is 0.846 bits per heavy atom. The van der Waals surface area contributed by atoms with Gasteiger partial charge in [0, 0.05) is 12.3 Å². The van der Waals surface area contributed by atoms with Gasteiger partial charge < -0.3 is 0 Å². The van der Waals surface area contributed by atoms with E-state index < -0.39 is 0 Å². The minimum Gasteiger partial charge on any atom is -0.103 e. The molecule has 1 rings (SSSR count). The number of hydrogen-bond donors (Lipinski definition) is 0. The summed E-state index contributed by atoms with van der Waals surface area (Å²) in [5.41, 5.74) is 0. The molecular weight excluding hydrogens is 156 g/mol. The fourth-order valence-electron chi connectivity index (χ4n) is 1.87. The molecule has 1 atom stereocenters. The smallest absolute Gasteiger partial charge is 0.0174 e. The van der Waals surface area contributed by atoms with Gasteiger partial charge in [-0.05, 0) is 12.8 Å². The largest absolute Gasteiger partial charge is 0.103 e. The predicted octanol–water partition coefficient (Wildman–Crippen LogP) is 4.15. The van der Waals surface area contributed by atoms with Gasteiger partial charge in [-0.3, -0.25) is 0 Å². The number of rotatable bonds is 0. The molecule has 1 aliphatic carbocycles. The third-order valence-electron chi connectivity index (χ3n) is 2.79. The van der Waals surface area contributed by atoms with Crippen LogP contribution in [-0.2, 0) is 0 Å². The van der Waals surface area contributed by atoms with Crippen LogP contribution in [0.2, 0.25) is 0 Å². The van der Waals surface area contributed by atoms with E-state index in [1.165, 1.54) is 51.4 Å². The second-order valence-electron chi connectivity index (χ2n) is 4.24. The lowest BCUT2D eigenvalue weighted by atomic mass is 10.0. The molecule has 0 saturated carbocycles. The molecule has 0 heterocycles. The minimum atomic E-state index is 0.638. The van der Waals surface area contributed by atoms with E-state index in [2.05, 4.69) is 18.8 Å². The Balaban J connectivity index is 2.26. The Hall–Kier alpha value is -0.440. The van der Waals surface area contributed by atoms with Gasteiger partial charge in [0.05, 0.1) is 0 Å². The second-order valence-corrected chi connectivity index (χ2v) is 4.24. The predicted molar refractivity (Wildman–Crippen MR) is 58.5 cm³/mol. The molecular formula is C13H22. The van der Waals surface area contributed by atoms with Gasteiger partial charge in [0.2, 0.25) is 0 Å². The van der Waals surface area contributed by atoms with Crippen LogP contribution in [0.15, 0.2) is 0 Å². The maximum absolute atomic E-state index is 3.35. The van der Waals surface area contributed by atoms with Gasteiger partial charge in [-0.25, -0.2) is 0 Å². The fourth-order valence-corrected chi connectivity index (χ4v) is 1.87. The molecule has 0 saturated heterocycles. The molecule has 13 heavy (non-hydrogen) atoms. The highest BCUT2D eigenvalue weighted by atomic mass is 14.0. The summed E-state index contributed by atoms with van der Waals surface area (Å²) >= 11 is 0. The molecule has 0 aromatic carbocycles. The van der Waals surface area contributed by atoms with Gasteiger partial charge in [-0.2, -0.15) is 0 Å². The van der Waals surface area contributed by atoms with Gasteiger partial charge in [0.25, 0.3) is 0 Å². The van der Waals surface area contributed by atoms with Crippen LogP contribution in [0.5, 0.6) is 0 Å². The van der Waals surface area contributed by atoms with E-state index in [0.717, 1.165) is 6.42 Å². The van der Waals surface area contributed by atoms with Crippen LogP contribution in [0.4, 0.5) is 0 Å².